The predicted octanol–water partition coefficient (Wildman–Crippen LogP) is 1.32. The highest BCUT2D eigenvalue weighted by atomic mass is 16.5. The lowest BCUT2D eigenvalue weighted by Crippen LogP contribution is -2.37. The van der Waals surface area contributed by atoms with Gasteiger partial charge >= 0.3 is 11.5 Å². The van der Waals surface area contributed by atoms with Crippen molar-refractivity contribution in [2.45, 2.75) is 18.4 Å². The Morgan fingerprint density at radius 2 is 2.19 bits per heavy atom. The number of benzene rings is 1. The molecule has 0 fully saturated rings. The molecule has 1 aromatic carbocycles. The second kappa shape index (κ2) is 3.53. The average molecular weight is 217 g/mol. The van der Waals surface area contributed by atoms with E-state index in [1.807, 2.05) is 0 Å². The molecule has 0 spiro atoms. The van der Waals surface area contributed by atoms with E-state index in [0.29, 0.717) is 12.8 Å². The maximum Gasteiger partial charge on any atom is 0.393 e. The summed E-state index contributed by atoms with van der Waals surface area (Å²) in [5.74, 6) is -0.345. The summed E-state index contributed by atoms with van der Waals surface area (Å²) in [6, 6.07) is 4.92. The van der Waals surface area contributed by atoms with Gasteiger partial charge in [-0.05, 0) is 23.3 Å². The minimum atomic E-state index is -1.13. The van der Waals surface area contributed by atoms with Crippen molar-refractivity contribution in [3.63, 3.8) is 0 Å². The summed E-state index contributed by atoms with van der Waals surface area (Å²) in [6.45, 7) is 7.17. The van der Waals surface area contributed by atoms with E-state index in [1.54, 1.807) is 18.2 Å². The van der Waals surface area contributed by atoms with Crippen LogP contribution < -0.4 is 0 Å². The summed E-state index contributed by atoms with van der Waals surface area (Å²) >= 11 is 0. The second-order valence-corrected chi connectivity index (χ2v) is 3.94. The second-order valence-electron chi connectivity index (χ2n) is 3.94. The Kier molecular flexibility index (Phi) is 2.31. The van der Waals surface area contributed by atoms with Crippen LogP contribution in [0.3, 0.4) is 0 Å². The molecule has 82 valence electrons. The van der Waals surface area contributed by atoms with Gasteiger partial charge in [0.25, 0.3) is 0 Å². The third-order valence-electron chi connectivity index (χ3n) is 2.94. The number of phenols is 1. The molecule has 0 saturated carbocycles. The molecule has 16 heavy (non-hydrogen) atoms. The first-order valence-electron chi connectivity index (χ1n) is 4.89. The summed E-state index contributed by atoms with van der Waals surface area (Å²) in [6.07, 6.45) is 0.672. The van der Waals surface area contributed by atoms with Crippen molar-refractivity contribution >= 4 is 5.97 Å². The van der Waals surface area contributed by atoms with E-state index in [-0.39, 0.29) is 5.75 Å². The van der Waals surface area contributed by atoms with Gasteiger partial charge in [-0.25, -0.2) is 11.4 Å². The van der Waals surface area contributed by atoms with Crippen LogP contribution in [0.5, 0.6) is 5.75 Å². The summed E-state index contributed by atoms with van der Waals surface area (Å²) in [5.41, 5.74) is 0.644. The van der Waals surface area contributed by atoms with E-state index >= 15 is 0 Å². The SMILES string of the molecule is [C-]#[N+]C1(C(=O)OC)Cc2ccc(O)cc2C1. The summed E-state index contributed by atoms with van der Waals surface area (Å²) in [5, 5.41) is 9.34. The quantitative estimate of drug-likeness (QED) is 0.570. The van der Waals surface area contributed by atoms with Gasteiger partial charge in [-0.15, -0.1) is 0 Å². The molecule has 1 aliphatic carbocycles. The third kappa shape index (κ3) is 1.41. The molecule has 0 amide bonds. The smallest absolute Gasteiger partial charge is 0.393 e. The number of nitrogens with zero attached hydrogens (tertiary/aromatic N) is 1. The first-order chi connectivity index (χ1) is 7.61. The lowest BCUT2D eigenvalue weighted by molar-refractivity contribution is -0.145. The zero-order valence-corrected chi connectivity index (χ0v) is 8.86. The Balaban J connectivity index is 2.40. The van der Waals surface area contributed by atoms with Crippen molar-refractivity contribution in [1.82, 2.24) is 0 Å². The normalized spacial score (nSPS) is 22.2. The molecular weight excluding hydrogens is 206 g/mol. The van der Waals surface area contributed by atoms with Gasteiger partial charge in [-0.3, -0.25) is 4.85 Å². The van der Waals surface area contributed by atoms with Crippen LogP contribution >= 0.6 is 0 Å². The number of hydrogen-bond donors (Lipinski definition) is 1. The highest BCUT2D eigenvalue weighted by Gasteiger charge is 2.51. The molecule has 1 aromatic rings. The molecule has 1 N–H and O–H groups in total. The van der Waals surface area contributed by atoms with Gasteiger partial charge in [0.2, 0.25) is 0 Å². The molecule has 1 atom stereocenters. The van der Waals surface area contributed by atoms with Crippen LogP contribution in [-0.4, -0.2) is 23.7 Å². The first-order valence-corrected chi connectivity index (χ1v) is 4.89. The van der Waals surface area contributed by atoms with Gasteiger partial charge < -0.3 is 9.84 Å². The molecular formula is C12H11NO3. The van der Waals surface area contributed by atoms with E-state index in [2.05, 4.69) is 9.58 Å². The molecule has 0 radical (unpaired) electrons. The number of carbonyl (C=O) groups is 1. The fraction of sp³-hybridized carbons (Fsp3) is 0.333. The van der Waals surface area contributed by atoms with Gasteiger partial charge in [0, 0.05) is 0 Å². The third-order valence-corrected chi connectivity index (χ3v) is 2.94. The number of carbonyl (C=O) groups excluding carboxylic acids is 1. The number of ether oxygens (including phenoxy) is 1. The van der Waals surface area contributed by atoms with Crippen molar-refractivity contribution in [3.8, 4) is 5.75 Å². The van der Waals surface area contributed by atoms with E-state index in [4.69, 9.17) is 6.57 Å². The van der Waals surface area contributed by atoms with Crippen LogP contribution in [0.25, 0.3) is 4.85 Å². The van der Waals surface area contributed by atoms with Gasteiger partial charge in [0.1, 0.15) is 5.75 Å². The maximum absolute atomic E-state index is 11.6. The Bertz CT molecular complexity index is 490. The molecule has 1 aliphatic rings. The van der Waals surface area contributed by atoms with Gasteiger partial charge in [-0.2, -0.15) is 0 Å². The van der Waals surface area contributed by atoms with Crippen LogP contribution in [0.15, 0.2) is 18.2 Å². The average Bonchev–Trinajstić information content (AvgIpc) is 2.67. The van der Waals surface area contributed by atoms with E-state index in [9.17, 15) is 9.90 Å². The molecule has 4 heteroatoms. The fourth-order valence-electron chi connectivity index (χ4n) is 2.10. The number of esters is 1. The summed E-state index contributed by atoms with van der Waals surface area (Å²) < 4.78 is 4.67. The number of hydrogen-bond acceptors (Lipinski definition) is 3. The van der Waals surface area contributed by atoms with Crippen molar-refractivity contribution < 1.29 is 14.6 Å². The zero-order valence-electron chi connectivity index (χ0n) is 8.86. The van der Waals surface area contributed by atoms with E-state index in [1.165, 1.54) is 7.11 Å². The molecule has 0 aliphatic heterocycles. The summed E-state index contributed by atoms with van der Waals surface area (Å²) in [4.78, 5) is 15.1. The van der Waals surface area contributed by atoms with Crippen molar-refractivity contribution in [3.05, 3.63) is 40.7 Å². The minimum Gasteiger partial charge on any atom is -0.508 e. The van der Waals surface area contributed by atoms with Crippen molar-refractivity contribution in [1.29, 1.82) is 0 Å². The highest BCUT2D eigenvalue weighted by molar-refractivity contribution is 5.85. The monoisotopic (exact) mass is 217 g/mol. The minimum absolute atomic E-state index is 0.157. The summed E-state index contributed by atoms with van der Waals surface area (Å²) in [7, 11) is 1.29. The number of phenolic OH excluding ortho intramolecular Hbond substituents is 1. The van der Waals surface area contributed by atoms with Crippen molar-refractivity contribution in [2.24, 2.45) is 0 Å². The molecule has 0 aromatic heterocycles. The zero-order chi connectivity index (χ0) is 11.8. The van der Waals surface area contributed by atoms with Crippen LogP contribution in [0, 0.1) is 6.57 Å². The van der Waals surface area contributed by atoms with E-state index in [0.717, 1.165) is 11.1 Å². The number of fused-ring (bicyclic) bond motifs is 1. The first kappa shape index (κ1) is 10.5. The predicted molar refractivity (Wildman–Crippen MR) is 56.9 cm³/mol. The molecule has 2 rings (SSSR count). The molecule has 4 nitrogen and oxygen atoms in total. The Labute approximate surface area is 93.3 Å². The van der Waals surface area contributed by atoms with E-state index < -0.39 is 11.5 Å². The van der Waals surface area contributed by atoms with Gasteiger partial charge in [-0.1, -0.05) is 6.07 Å². The van der Waals surface area contributed by atoms with Crippen molar-refractivity contribution in [2.75, 3.05) is 7.11 Å². The van der Waals surface area contributed by atoms with Crippen LogP contribution in [0.4, 0.5) is 0 Å². The number of methoxy groups -OCH3 is 1. The van der Waals surface area contributed by atoms with Crippen LogP contribution in [0.2, 0.25) is 0 Å². The lowest BCUT2D eigenvalue weighted by atomic mass is 9.97. The Morgan fingerprint density at radius 3 is 2.81 bits per heavy atom. The van der Waals surface area contributed by atoms with Gasteiger partial charge in [0.05, 0.1) is 20.0 Å². The standard InChI is InChI=1S/C12H11NO3/c1-13-12(11(15)16-2)6-8-3-4-10(14)5-9(8)7-12/h3-5,14H,6-7H2,2H3. The molecule has 1 unspecified atom stereocenters. The number of aromatic hydroxyl groups is 1. The number of rotatable bonds is 1. The lowest BCUT2D eigenvalue weighted by Gasteiger charge is -2.11. The van der Waals surface area contributed by atoms with Crippen LogP contribution in [-0.2, 0) is 22.4 Å². The molecule has 0 bridgehead atoms. The fourth-order valence-corrected chi connectivity index (χ4v) is 2.10. The van der Waals surface area contributed by atoms with Gasteiger partial charge in [0.15, 0.2) is 0 Å². The molecule has 0 heterocycles. The molecule has 0 saturated heterocycles. The Hall–Kier alpha value is -2.02. The highest BCUT2D eigenvalue weighted by Crippen LogP contribution is 2.35. The largest absolute Gasteiger partial charge is 0.508 e. The Morgan fingerprint density at radius 1 is 1.50 bits per heavy atom. The maximum atomic E-state index is 11.6. The van der Waals surface area contributed by atoms with Crippen LogP contribution in [0.1, 0.15) is 11.1 Å². The topological polar surface area (TPSA) is 50.9 Å².